The third-order valence-corrected chi connectivity index (χ3v) is 4.12. The molecule has 0 aliphatic carbocycles. The highest BCUT2D eigenvalue weighted by atomic mass is 19.4. The van der Waals surface area contributed by atoms with Crippen LogP contribution in [0.15, 0.2) is 24.3 Å². The molecule has 1 aromatic rings. The first kappa shape index (κ1) is 17.7. The molecular formula is C16H22F3N3O. The molecule has 0 spiro atoms. The number of carbonyl (C=O) groups excluding carboxylic acids is 1. The van der Waals surface area contributed by atoms with Crippen molar-refractivity contribution >= 4 is 5.91 Å². The van der Waals surface area contributed by atoms with Gasteiger partial charge in [0.15, 0.2) is 0 Å². The minimum atomic E-state index is -4.32. The standard InChI is InChI=1S/C16H22F3N3O/c1-12(10-20)15(23)22-7-5-21(6-8-22)11-13-3-2-4-14(9-13)16(17,18)19/h2-4,9,12H,5-8,10-11,20H2,1H3. The number of rotatable bonds is 4. The molecule has 0 saturated carbocycles. The first-order valence-electron chi connectivity index (χ1n) is 7.68. The number of carbonyl (C=O) groups is 1. The lowest BCUT2D eigenvalue weighted by Crippen LogP contribution is -2.50. The summed E-state index contributed by atoms with van der Waals surface area (Å²) in [6, 6.07) is 5.40. The van der Waals surface area contributed by atoms with Gasteiger partial charge in [-0.2, -0.15) is 13.2 Å². The largest absolute Gasteiger partial charge is 0.416 e. The van der Waals surface area contributed by atoms with E-state index in [1.165, 1.54) is 12.1 Å². The van der Waals surface area contributed by atoms with E-state index in [2.05, 4.69) is 4.90 Å². The minimum absolute atomic E-state index is 0.0474. The number of alkyl halides is 3. The van der Waals surface area contributed by atoms with Crippen LogP contribution >= 0.6 is 0 Å². The van der Waals surface area contributed by atoms with Gasteiger partial charge in [-0.3, -0.25) is 9.69 Å². The van der Waals surface area contributed by atoms with Crippen molar-refractivity contribution in [3.63, 3.8) is 0 Å². The zero-order valence-corrected chi connectivity index (χ0v) is 13.1. The number of hydrogen-bond donors (Lipinski definition) is 1. The normalized spacial score (nSPS) is 18.0. The van der Waals surface area contributed by atoms with Gasteiger partial charge in [-0.15, -0.1) is 0 Å². The number of nitrogens with two attached hydrogens (primary N) is 1. The molecule has 1 heterocycles. The number of nitrogens with zero attached hydrogens (tertiary/aromatic N) is 2. The fourth-order valence-electron chi connectivity index (χ4n) is 2.64. The van der Waals surface area contributed by atoms with E-state index < -0.39 is 11.7 Å². The van der Waals surface area contributed by atoms with Crippen LogP contribution in [0.5, 0.6) is 0 Å². The molecule has 0 radical (unpaired) electrons. The molecule has 1 aliphatic heterocycles. The summed E-state index contributed by atoms with van der Waals surface area (Å²) in [5, 5.41) is 0. The number of amides is 1. The lowest BCUT2D eigenvalue weighted by Gasteiger charge is -2.36. The van der Waals surface area contributed by atoms with Gasteiger partial charge < -0.3 is 10.6 Å². The maximum atomic E-state index is 12.7. The fourth-order valence-corrected chi connectivity index (χ4v) is 2.64. The summed E-state index contributed by atoms with van der Waals surface area (Å²) in [7, 11) is 0. The summed E-state index contributed by atoms with van der Waals surface area (Å²) >= 11 is 0. The van der Waals surface area contributed by atoms with Crippen LogP contribution < -0.4 is 5.73 Å². The van der Waals surface area contributed by atoms with Gasteiger partial charge in [-0.05, 0) is 11.6 Å². The van der Waals surface area contributed by atoms with Gasteiger partial charge in [-0.1, -0.05) is 25.1 Å². The molecule has 4 nitrogen and oxygen atoms in total. The highest BCUT2D eigenvalue weighted by Gasteiger charge is 2.30. The van der Waals surface area contributed by atoms with Crippen molar-refractivity contribution in [1.82, 2.24) is 9.80 Å². The summed E-state index contributed by atoms with van der Waals surface area (Å²) in [4.78, 5) is 15.9. The summed E-state index contributed by atoms with van der Waals surface area (Å²) in [5.41, 5.74) is 5.52. The zero-order valence-electron chi connectivity index (χ0n) is 13.1. The van der Waals surface area contributed by atoms with Crippen LogP contribution in [0.25, 0.3) is 0 Å². The summed E-state index contributed by atoms with van der Waals surface area (Å²) in [5.74, 6) is -0.142. The highest BCUT2D eigenvalue weighted by Crippen LogP contribution is 2.29. The number of hydrogen-bond acceptors (Lipinski definition) is 3. The molecule has 0 bridgehead atoms. The molecule has 2 rings (SSSR count). The molecule has 2 N–H and O–H groups in total. The van der Waals surface area contributed by atoms with Gasteiger partial charge in [0.1, 0.15) is 0 Å². The first-order chi connectivity index (χ1) is 10.8. The van der Waals surface area contributed by atoms with Crippen molar-refractivity contribution in [3.8, 4) is 0 Å². The SMILES string of the molecule is CC(CN)C(=O)N1CCN(Cc2cccc(C(F)(F)F)c2)CC1. The van der Waals surface area contributed by atoms with E-state index in [-0.39, 0.29) is 11.8 Å². The quantitative estimate of drug-likeness (QED) is 0.918. The van der Waals surface area contributed by atoms with Crippen LogP contribution in [-0.4, -0.2) is 48.4 Å². The summed E-state index contributed by atoms with van der Waals surface area (Å²) in [6.07, 6.45) is -4.32. The maximum absolute atomic E-state index is 12.7. The zero-order chi connectivity index (χ0) is 17.0. The Balaban J connectivity index is 1.91. The highest BCUT2D eigenvalue weighted by molar-refractivity contribution is 5.78. The third kappa shape index (κ3) is 4.68. The molecule has 1 fully saturated rings. The molecule has 1 saturated heterocycles. The monoisotopic (exact) mass is 329 g/mol. The van der Waals surface area contributed by atoms with Crippen LogP contribution in [0.3, 0.4) is 0 Å². The Labute approximate surface area is 134 Å². The minimum Gasteiger partial charge on any atom is -0.340 e. The van der Waals surface area contributed by atoms with E-state index in [0.717, 1.165) is 6.07 Å². The predicted octanol–water partition coefficient (Wildman–Crippen LogP) is 1.94. The van der Waals surface area contributed by atoms with Gasteiger partial charge in [0.05, 0.1) is 5.56 Å². The molecule has 1 unspecified atom stereocenters. The topological polar surface area (TPSA) is 49.6 Å². The van der Waals surface area contributed by atoms with Crippen LogP contribution in [0.2, 0.25) is 0 Å². The lowest BCUT2D eigenvalue weighted by atomic mass is 10.1. The third-order valence-electron chi connectivity index (χ3n) is 4.12. The van der Waals surface area contributed by atoms with Gasteiger partial charge in [0.2, 0.25) is 5.91 Å². The van der Waals surface area contributed by atoms with Crippen molar-refractivity contribution in [3.05, 3.63) is 35.4 Å². The van der Waals surface area contributed by atoms with Gasteiger partial charge in [0, 0.05) is 45.2 Å². The number of benzene rings is 1. The smallest absolute Gasteiger partial charge is 0.340 e. The van der Waals surface area contributed by atoms with E-state index in [0.29, 0.717) is 44.8 Å². The second kappa shape index (κ2) is 7.31. The second-order valence-electron chi connectivity index (χ2n) is 5.94. The average Bonchev–Trinajstić information content (AvgIpc) is 2.53. The van der Waals surface area contributed by atoms with Crippen molar-refractivity contribution in [2.45, 2.75) is 19.6 Å². The Hall–Kier alpha value is -1.60. The van der Waals surface area contributed by atoms with Crippen LogP contribution in [0.4, 0.5) is 13.2 Å². The van der Waals surface area contributed by atoms with E-state index in [1.807, 2.05) is 0 Å². The number of halogens is 3. The van der Waals surface area contributed by atoms with Crippen LogP contribution in [-0.2, 0) is 17.5 Å². The van der Waals surface area contributed by atoms with Crippen LogP contribution in [0.1, 0.15) is 18.1 Å². The fraction of sp³-hybridized carbons (Fsp3) is 0.562. The van der Waals surface area contributed by atoms with Crippen molar-refractivity contribution in [2.24, 2.45) is 11.7 Å². The Kier molecular flexibility index (Phi) is 5.64. The van der Waals surface area contributed by atoms with Crippen molar-refractivity contribution in [1.29, 1.82) is 0 Å². The molecule has 1 aromatic carbocycles. The lowest BCUT2D eigenvalue weighted by molar-refractivity contribution is -0.138. The predicted molar refractivity (Wildman–Crippen MR) is 81.5 cm³/mol. The average molecular weight is 329 g/mol. The molecule has 1 aliphatic rings. The van der Waals surface area contributed by atoms with Crippen molar-refractivity contribution in [2.75, 3.05) is 32.7 Å². The van der Waals surface area contributed by atoms with E-state index >= 15 is 0 Å². The summed E-state index contributed by atoms with van der Waals surface area (Å²) in [6.45, 7) is 5.06. The van der Waals surface area contributed by atoms with Gasteiger partial charge in [0.25, 0.3) is 0 Å². The van der Waals surface area contributed by atoms with Gasteiger partial charge in [-0.25, -0.2) is 0 Å². The Morgan fingerprint density at radius 1 is 1.26 bits per heavy atom. The Bertz CT molecular complexity index is 540. The number of piperazine rings is 1. The molecule has 1 amide bonds. The molecule has 128 valence electrons. The van der Waals surface area contributed by atoms with Crippen molar-refractivity contribution < 1.29 is 18.0 Å². The van der Waals surface area contributed by atoms with E-state index in [1.54, 1.807) is 17.9 Å². The van der Waals surface area contributed by atoms with E-state index in [4.69, 9.17) is 5.73 Å². The Morgan fingerprint density at radius 3 is 2.48 bits per heavy atom. The Morgan fingerprint density at radius 2 is 1.91 bits per heavy atom. The molecular weight excluding hydrogens is 307 g/mol. The van der Waals surface area contributed by atoms with Gasteiger partial charge >= 0.3 is 6.18 Å². The summed E-state index contributed by atoms with van der Waals surface area (Å²) < 4.78 is 38.2. The second-order valence-corrected chi connectivity index (χ2v) is 5.94. The van der Waals surface area contributed by atoms with E-state index in [9.17, 15) is 18.0 Å². The van der Waals surface area contributed by atoms with Crippen LogP contribution in [0, 0.1) is 5.92 Å². The molecule has 1 atom stereocenters. The molecule has 23 heavy (non-hydrogen) atoms. The maximum Gasteiger partial charge on any atom is 0.416 e. The molecule has 0 aromatic heterocycles. The molecule has 7 heteroatoms. The first-order valence-corrected chi connectivity index (χ1v) is 7.68.